The van der Waals surface area contributed by atoms with Gasteiger partial charge >= 0.3 is 0 Å². The Kier molecular flexibility index (Phi) is 8.80. The quantitative estimate of drug-likeness (QED) is 0.349. The molecule has 2 fully saturated rings. The normalized spacial score (nSPS) is 25.1. The van der Waals surface area contributed by atoms with Crippen LogP contribution in [-0.2, 0) is 9.47 Å². The number of nitrogens with zero attached hydrogens (tertiary/aromatic N) is 3. The molecular weight excluding hydrogens is 306 g/mol. The first-order valence-corrected chi connectivity index (χ1v) is 9.20. The zero-order valence-corrected chi connectivity index (χ0v) is 15.6. The average Bonchev–Trinajstić information content (AvgIpc) is 3.06. The first-order valence-electron chi connectivity index (χ1n) is 9.20. The monoisotopic (exact) mass is 341 g/mol. The van der Waals surface area contributed by atoms with Gasteiger partial charge in [-0.15, -0.1) is 0 Å². The number of rotatable bonds is 9. The molecule has 7 nitrogen and oxygen atoms in total. The van der Waals surface area contributed by atoms with Gasteiger partial charge in [0, 0.05) is 59.5 Å². The van der Waals surface area contributed by atoms with Crippen molar-refractivity contribution in [3.05, 3.63) is 0 Å². The summed E-state index contributed by atoms with van der Waals surface area (Å²) in [6, 6.07) is 0.660. The summed E-state index contributed by atoms with van der Waals surface area (Å²) in [5.41, 5.74) is 0. The molecule has 7 heteroatoms. The second-order valence-corrected chi connectivity index (χ2v) is 6.78. The van der Waals surface area contributed by atoms with Crippen LogP contribution in [0, 0.1) is 0 Å². The third kappa shape index (κ3) is 6.55. The van der Waals surface area contributed by atoms with E-state index in [4.69, 9.17) is 9.47 Å². The van der Waals surface area contributed by atoms with Crippen LogP contribution in [-0.4, -0.2) is 102 Å². The number of aliphatic imine (C=N–C) groups is 1. The third-order valence-corrected chi connectivity index (χ3v) is 4.86. The minimum atomic E-state index is 0.259. The standard InChI is InChI=1S/C17H35N5O2/c1-18-17(19-7-10-21(2)8-5-11-23-3)20-12-16-13-22-9-4-6-15(22)14-24-16/h15-16H,4-14H2,1-3H3,(H2,18,19,20). The summed E-state index contributed by atoms with van der Waals surface area (Å²) in [5, 5.41) is 6.77. The van der Waals surface area contributed by atoms with E-state index in [2.05, 4.69) is 32.5 Å². The summed E-state index contributed by atoms with van der Waals surface area (Å²) in [5.74, 6) is 0.854. The van der Waals surface area contributed by atoms with Crippen molar-refractivity contribution < 1.29 is 9.47 Å². The molecule has 24 heavy (non-hydrogen) atoms. The van der Waals surface area contributed by atoms with Gasteiger partial charge in [0.15, 0.2) is 5.96 Å². The summed E-state index contributed by atoms with van der Waals surface area (Å²) < 4.78 is 11.1. The van der Waals surface area contributed by atoms with Crippen molar-refractivity contribution in [1.29, 1.82) is 0 Å². The van der Waals surface area contributed by atoms with Gasteiger partial charge in [-0.3, -0.25) is 9.89 Å². The van der Waals surface area contributed by atoms with E-state index in [9.17, 15) is 0 Å². The van der Waals surface area contributed by atoms with Crippen LogP contribution in [0.3, 0.4) is 0 Å². The number of methoxy groups -OCH3 is 1. The number of fused-ring (bicyclic) bond motifs is 1. The SMILES string of the molecule is CN=C(NCCN(C)CCCOC)NCC1CN2CCCC2CO1. The zero-order valence-electron chi connectivity index (χ0n) is 15.6. The number of morpholine rings is 1. The predicted octanol–water partition coefficient (Wildman–Crippen LogP) is -0.0171. The van der Waals surface area contributed by atoms with Crippen LogP contribution >= 0.6 is 0 Å². The van der Waals surface area contributed by atoms with Crippen LogP contribution in [0.2, 0.25) is 0 Å². The topological polar surface area (TPSA) is 61.4 Å². The molecule has 2 N–H and O–H groups in total. The molecule has 0 saturated carbocycles. The van der Waals surface area contributed by atoms with E-state index in [1.54, 1.807) is 7.11 Å². The minimum Gasteiger partial charge on any atom is -0.385 e. The van der Waals surface area contributed by atoms with E-state index < -0.39 is 0 Å². The van der Waals surface area contributed by atoms with Gasteiger partial charge in [0.05, 0.1) is 12.7 Å². The molecule has 2 atom stereocenters. The summed E-state index contributed by atoms with van der Waals surface area (Å²) in [4.78, 5) is 9.17. The van der Waals surface area contributed by atoms with Crippen molar-refractivity contribution in [3.8, 4) is 0 Å². The minimum absolute atomic E-state index is 0.259. The van der Waals surface area contributed by atoms with Gasteiger partial charge in [-0.25, -0.2) is 0 Å². The highest BCUT2D eigenvalue weighted by molar-refractivity contribution is 5.79. The smallest absolute Gasteiger partial charge is 0.191 e. The Labute approximate surface area is 146 Å². The molecule has 0 radical (unpaired) electrons. The van der Waals surface area contributed by atoms with Crippen molar-refractivity contribution in [1.82, 2.24) is 20.4 Å². The van der Waals surface area contributed by atoms with E-state index in [0.717, 1.165) is 58.3 Å². The molecule has 0 aromatic carbocycles. The number of hydrogen-bond acceptors (Lipinski definition) is 5. The maximum absolute atomic E-state index is 5.98. The van der Waals surface area contributed by atoms with Gasteiger partial charge < -0.3 is 25.0 Å². The van der Waals surface area contributed by atoms with Crippen molar-refractivity contribution in [2.45, 2.75) is 31.4 Å². The van der Waals surface area contributed by atoms with E-state index >= 15 is 0 Å². The van der Waals surface area contributed by atoms with Gasteiger partial charge in [-0.1, -0.05) is 0 Å². The number of ether oxygens (including phenoxy) is 2. The lowest BCUT2D eigenvalue weighted by atomic mass is 10.2. The fraction of sp³-hybridized carbons (Fsp3) is 0.941. The molecule has 0 bridgehead atoms. The molecule has 0 spiro atoms. The second-order valence-electron chi connectivity index (χ2n) is 6.78. The maximum Gasteiger partial charge on any atom is 0.191 e. The Hall–Kier alpha value is -0.890. The van der Waals surface area contributed by atoms with Crippen LogP contribution in [0.25, 0.3) is 0 Å². The fourth-order valence-electron chi connectivity index (χ4n) is 3.40. The number of likely N-dealkylation sites (N-methyl/N-ethyl adjacent to an activating group) is 1. The average molecular weight is 342 g/mol. The molecule has 2 aliphatic rings. The third-order valence-electron chi connectivity index (χ3n) is 4.86. The molecule has 2 aliphatic heterocycles. The van der Waals surface area contributed by atoms with Gasteiger partial charge in [-0.2, -0.15) is 0 Å². The summed E-state index contributed by atoms with van der Waals surface area (Å²) in [6.45, 7) is 7.69. The lowest BCUT2D eigenvalue weighted by Crippen LogP contribution is -2.51. The van der Waals surface area contributed by atoms with Gasteiger partial charge in [0.1, 0.15) is 0 Å². The van der Waals surface area contributed by atoms with Crippen LogP contribution in [0.15, 0.2) is 4.99 Å². The van der Waals surface area contributed by atoms with E-state index in [0.29, 0.717) is 6.04 Å². The van der Waals surface area contributed by atoms with E-state index in [1.807, 2.05) is 7.05 Å². The first kappa shape index (κ1) is 19.4. The molecular formula is C17H35N5O2. The molecule has 0 aromatic heterocycles. The predicted molar refractivity (Wildman–Crippen MR) is 97.7 cm³/mol. The van der Waals surface area contributed by atoms with Gasteiger partial charge in [-0.05, 0) is 32.9 Å². The van der Waals surface area contributed by atoms with Crippen LogP contribution in [0.4, 0.5) is 0 Å². The molecule has 0 aromatic rings. The number of guanidine groups is 1. The first-order chi connectivity index (χ1) is 11.7. The van der Waals surface area contributed by atoms with Crippen LogP contribution in [0.1, 0.15) is 19.3 Å². The molecule has 2 heterocycles. The Morgan fingerprint density at radius 3 is 3.04 bits per heavy atom. The van der Waals surface area contributed by atoms with E-state index in [-0.39, 0.29) is 6.10 Å². The van der Waals surface area contributed by atoms with Crippen molar-refractivity contribution in [2.24, 2.45) is 4.99 Å². The van der Waals surface area contributed by atoms with Crippen molar-refractivity contribution >= 4 is 5.96 Å². The number of hydrogen-bond donors (Lipinski definition) is 2. The highest BCUT2D eigenvalue weighted by Gasteiger charge is 2.32. The van der Waals surface area contributed by atoms with E-state index in [1.165, 1.54) is 19.4 Å². The Bertz CT molecular complexity index is 380. The highest BCUT2D eigenvalue weighted by Crippen LogP contribution is 2.22. The van der Waals surface area contributed by atoms with Crippen molar-refractivity contribution in [3.63, 3.8) is 0 Å². The Balaban J connectivity index is 1.57. The molecule has 2 saturated heterocycles. The highest BCUT2D eigenvalue weighted by atomic mass is 16.5. The lowest BCUT2D eigenvalue weighted by Gasteiger charge is -2.35. The van der Waals surface area contributed by atoms with Crippen molar-refractivity contribution in [2.75, 3.05) is 73.7 Å². The molecule has 0 aliphatic carbocycles. The van der Waals surface area contributed by atoms with Gasteiger partial charge in [0.2, 0.25) is 0 Å². The number of nitrogens with one attached hydrogen (secondary N) is 2. The van der Waals surface area contributed by atoms with Gasteiger partial charge in [0.25, 0.3) is 0 Å². The van der Waals surface area contributed by atoms with Crippen LogP contribution < -0.4 is 10.6 Å². The Morgan fingerprint density at radius 1 is 1.38 bits per heavy atom. The largest absolute Gasteiger partial charge is 0.385 e. The molecule has 0 amide bonds. The van der Waals surface area contributed by atoms with Crippen LogP contribution in [0.5, 0.6) is 0 Å². The maximum atomic E-state index is 5.98. The summed E-state index contributed by atoms with van der Waals surface area (Å²) in [7, 11) is 5.70. The Morgan fingerprint density at radius 2 is 2.25 bits per heavy atom. The summed E-state index contributed by atoms with van der Waals surface area (Å²) in [6.07, 6.45) is 3.93. The zero-order chi connectivity index (χ0) is 17.2. The molecule has 2 unspecified atom stereocenters. The second kappa shape index (κ2) is 10.9. The fourth-order valence-corrected chi connectivity index (χ4v) is 3.40. The molecule has 140 valence electrons. The molecule has 2 rings (SSSR count). The summed E-state index contributed by atoms with van der Waals surface area (Å²) >= 11 is 0. The lowest BCUT2D eigenvalue weighted by molar-refractivity contribution is -0.0453.